The third kappa shape index (κ3) is 5.86. The fraction of sp³-hybridized carbons (Fsp3) is 0.226. The van der Waals surface area contributed by atoms with Crippen molar-refractivity contribution in [1.29, 1.82) is 0 Å². The number of thioether (sulfide) groups is 1. The van der Waals surface area contributed by atoms with Gasteiger partial charge in [-0.3, -0.25) is 14.7 Å². The van der Waals surface area contributed by atoms with Gasteiger partial charge in [-0.05, 0) is 97.4 Å². The molecule has 1 amide bonds. The van der Waals surface area contributed by atoms with E-state index in [-0.39, 0.29) is 5.91 Å². The van der Waals surface area contributed by atoms with Gasteiger partial charge < -0.3 is 5.32 Å². The van der Waals surface area contributed by atoms with Gasteiger partial charge in [0.2, 0.25) is 0 Å². The highest BCUT2D eigenvalue weighted by molar-refractivity contribution is 7.98. The summed E-state index contributed by atoms with van der Waals surface area (Å²) in [5, 5.41) is 3.11. The van der Waals surface area contributed by atoms with Crippen molar-refractivity contribution in [2.75, 3.05) is 24.7 Å². The fourth-order valence-electron chi connectivity index (χ4n) is 4.79. The van der Waals surface area contributed by atoms with Gasteiger partial charge in [-0.1, -0.05) is 42.8 Å². The number of carbonyl (C=O) groups is 1. The summed E-state index contributed by atoms with van der Waals surface area (Å²) < 4.78 is 0. The minimum absolute atomic E-state index is 0.114. The van der Waals surface area contributed by atoms with E-state index in [4.69, 9.17) is 0 Å². The highest BCUT2D eigenvalue weighted by atomic mass is 32.2. The highest BCUT2D eigenvalue weighted by Gasteiger charge is 2.16. The van der Waals surface area contributed by atoms with E-state index in [2.05, 4.69) is 51.8 Å². The summed E-state index contributed by atoms with van der Waals surface area (Å²) in [6.45, 7) is 3.28. The van der Waals surface area contributed by atoms with Crippen LogP contribution in [0.4, 0.5) is 5.69 Å². The summed E-state index contributed by atoms with van der Waals surface area (Å²) in [6.07, 6.45) is 7.73. The molecule has 1 aromatic heterocycles. The molecule has 0 spiro atoms. The number of nitrogens with one attached hydrogen (secondary N) is 1. The molecule has 0 bridgehead atoms. The number of hydrogen-bond donors (Lipinski definition) is 1. The monoisotopic (exact) mass is 493 g/mol. The zero-order chi connectivity index (χ0) is 24.7. The number of carbonyl (C=O) groups excluding carboxylic acids is 1. The van der Waals surface area contributed by atoms with Crippen molar-refractivity contribution in [3.05, 3.63) is 102 Å². The molecule has 1 saturated heterocycles. The van der Waals surface area contributed by atoms with Crippen LogP contribution in [-0.2, 0) is 6.54 Å². The van der Waals surface area contributed by atoms with Crippen LogP contribution >= 0.6 is 11.8 Å². The van der Waals surface area contributed by atoms with Gasteiger partial charge in [0.25, 0.3) is 5.91 Å². The summed E-state index contributed by atoms with van der Waals surface area (Å²) in [5.74, 6) is -0.114. The topological polar surface area (TPSA) is 45.2 Å². The largest absolute Gasteiger partial charge is 0.322 e. The Kier molecular flexibility index (Phi) is 7.79. The average Bonchev–Trinajstić information content (AvgIpc) is 2.94. The number of piperidine rings is 1. The summed E-state index contributed by atoms with van der Waals surface area (Å²) in [5.41, 5.74) is 6.60. The number of aromatic nitrogens is 1. The van der Waals surface area contributed by atoms with Crippen LogP contribution in [0.25, 0.3) is 22.4 Å². The highest BCUT2D eigenvalue weighted by Crippen LogP contribution is 2.31. The molecule has 1 fully saturated rings. The molecule has 0 atom stereocenters. The quantitative estimate of drug-likeness (QED) is 0.273. The number of amides is 1. The summed E-state index contributed by atoms with van der Waals surface area (Å²) >= 11 is 1.69. The van der Waals surface area contributed by atoms with Crippen molar-refractivity contribution >= 4 is 23.4 Å². The molecule has 5 heteroatoms. The first-order valence-corrected chi connectivity index (χ1v) is 13.7. The Morgan fingerprint density at radius 3 is 2.53 bits per heavy atom. The van der Waals surface area contributed by atoms with Gasteiger partial charge in [0, 0.05) is 34.5 Å². The number of pyridine rings is 1. The second-order valence-corrected chi connectivity index (χ2v) is 10.1. The molecule has 2 heterocycles. The van der Waals surface area contributed by atoms with Gasteiger partial charge in [-0.25, -0.2) is 0 Å². The first kappa shape index (κ1) is 24.3. The number of hydrogen-bond acceptors (Lipinski definition) is 4. The molecule has 4 nitrogen and oxygen atoms in total. The number of nitrogens with zero attached hydrogens (tertiary/aromatic N) is 2. The van der Waals surface area contributed by atoms with Crippen molar-refractivity contribution in [3.63, 3.8) is 0 Å². The van der Waals surface area contributed by atoms with Gasteiger partial charge in [0.05, 0.1) is 5.69 Å². The normalized spacial score (nSPS) is 13.9. The SMILES string of the molecule is CSc1ccc(C(=O)Nc2cccc(-c3ccccn3)c2)c(-c2cccc(CN3CCCCC3)c2)c1. The smallest absolute Gasteiger partial charge is 0.256 e. The molecule has 182 valence electrons. The maximum Gasteiger partial charge on any atom is 0.256 e. The van der Waals surface area contributed by atoms with E-state index in [9.17, 15) is 4.79 Å². The van der Waals surface area contributed by atoms with E-state index >= 15 is 0 Å². The van der Waals surface area contributed by atoms with Crippen LogP contribution in [-0.4, -0.2) is 35.1 Å². The summed E-state index contributed by atoms with van der Waals surface area (Å²) in [6, 6.07) is 28.4. The minimum Gasteiger partial charge on any atom is -0.322 e. The van der Waals surface area contributed by atoms with Crippen LogP contribution in [0.3, 0.4) is 0 Å². The van der Waals surface area contributed by atoms with E-state index in [1.807, 2.05) is 54.6 Å². The zero-order valence-electron chi connectivity index (χ0n) is 20.6. The van der Waals surface area contributed by atoms with E-state index in [1.54, 1.807) is 18.0 Å². The Labute approximate surface area is 217 Å². The lowest BCUT2D eigenvalue weighted by molar-refractivity contribution is 0.102. The molecule has 0 aliphatic carbocycles. The third-order valence-electron chi connectivity index (χ3n) is 6.65. The Hall–Kier alpha value is -3.41. The lowest BCUT2D eigenvalue weighted by Gasteiger charge is -2.26. The number of anilines is 1. The molecule has 4 aromatic rings. The fourth-order valence-corrected chi connectivity index (χ4v) is 5.23. The van der Waals surface area contributed by atoms with Crippen molar-refractivity contribution in [2.24, 2.45) is 0 Å². The van der Waals surface area contributed by atoms with Crippen LogP contribution < -0.4 is 5.32 Å². The van der Waals surface area contributed by atoms with Gasteiger partial charge in [0.1, 0.15) is 0 Å². The second kappa shape index (κ2) is 11.5. The van der Waals surface area contributed by atoms with Crippen LogP contribution in [0.2, 0.25) is 0 Å². The molecule has 1 N–H and O–H groups in total. The number of likely N-dealkylation sites (tertiary alicyclic amines) is 1. The molecule has 3 aromatic carbocycles. The summed E-state index contributed by atoms with van der Waals surface area (Å²) in [4.78, 5) is 21.6. The maximum absolute atomic E-state index is 13.5. The lowest BCUT2D eigenvalue weighted by atomic mass is 9.97. The van der Waals surface area contributed by atoms with Crippen LogP contribution in [0.5, 0.6) is 0 Å². The molecular formula is C31H31N3OS. The average molecular weight is 494 g/mol. The second-order valence-electron chi connectivity index (χ2n) is 9.20. The van der Waals surface area contributed by atoms with E-state index in [1.165, 1.54) is 24.8 Å². The van der Waals surface area contributed by atoms with Crippen molar-refractivity contribution in [3.8, 4) is 22.4 Å². The van der Waals surface area contributed by atoms with E-state index < -0.39 is 0 Å². The molecule has 36 heavy (non-hydrogen) atoms. The van der Waals surface area contributed by atoms with Gasteiger partial charge in [-0.2, -0.15) is 0 Å². The first-order valence-electron chi connectivity index (χ1n) is 12.5. The van der Waals surface area contributed by atoms with Crippen molar-refractivity contribution in [2.45, 2.75) is 30.7 Å². The Morgan fingerprint density at radius 1 is 0.889 bits per heavy atom. The van der Waals surface area contributed by atoms with Crippen LogP contribution in [0.15, 0.2) is 96.0 Å². The molecule has 0 radical (unpaired) electrons. The molecule has 1 aliphatic rings. The van der Waals surface area contributed by atoms with Gasteiger partial charge in [0.15, 0.2) is 0 Å². The third-order valence-corrected chi connectivity index (χ3v) is 7.37. The minimum atomic E-state index is -0.114. The van der Waals surface area contributed by atoms with Crippen molar-refractivity contribution in [1.82, 2.24) is 9.88 Å². The van der Waals surface area contributed by atoms with Crippen molar-refractivity contribution < 1.29 is 4.79 Å². The molecule has 0 saturated carbocycles. The predicted octanol–water partition coefficient (Wildman–Crippen LogP) is 7.38. The molecular weight excluding hydrogens is 462 g/mol. The number of rotatable bonds is 7. The van der Waals surface area contributed by atoms with E-state index in [0.29, 0.717) is 5.56 Å². The Bertz CT molecular complexity index is 1330. The molecule has 0 unspecified atom stereocenters. The zero-order valence-corrected chi connectivity index (χ0v) is 21.4. The first-order chi connectivity index (χ1) is 17.7. The maximum atomic E-state index is 13.5. The summed E-state index contributed by atoms with van der Waals surface area (Å²) in [7, 11) is 0. The molecule has 1 aliphatic heterocycles. The van der Waals surface area contributed by atoms with Gasteiger partial charge in [-0.15, -0.1) is 11.8 Å². The van der Waals surface area contributed by atoms with Crippen LogP contribution in [0, 0.1) is 0 Å². The lowest BCUT2D eigenvalue weighted by Crippen LogP contribution is -2.29. The molecule has 5 rings (SSSR count). The predicted molar refractivity (Wildman–Crippen MR) is 150 cm³/mol. The van der Waals surface area contributed by atoms with Crippen LogP contribution in [0.1, 0.15) is 35.2 Å². The van der Waals surface area contributed by atoms with Gasteiger partial charge >= 0.3 is 0 Å². The Morgan fingerprint density at radius 2 is 1.72 bits per heavy atom. The number of benzene rings is 3. The standard InChI is InChI=1S/C31H31N3OS/c1-36-27-14-15-28(31(35)33-26-12-8-11-25(20-26)30-13-3-4-16-32-30)29(21-27)24-10-7-9-23(19-24)22-34-17-5-2-6-18-34/h3-4,7-16,19-21H,2,5-6,17-18,22H2,1H3,(H,33,35). The Balaban J connectivity index is 1.42. The van der Waals surface area contributed by atoms with E-state index in [0.717, 1.165) is 52.6 Å².